The highest BCUT2D eigenvalue weighted by Crippen LogP contribution is 2.35. The van der Waals surface area contributed by atoms with Crippen LogP contribution in [0.2, 0.25) is 5.02 Å². The molecule has 0 bridgehead atoms. The van der Waals surface area contributed by atoms with Crippen molar-refractivity contribution in [1.82, 2.24) is 4.98 Å². The third-order valence-corrected chi connectivity index (χ3v) is 3.74. The van der Waals surface area contributed by atoms with Crippen molar-refractivity contribution >= 4 is 23.4 Å². The zero-order valence-electron chi connectivity index (χ0n) is 13.1. The Morgan fingerprint density at radius 2 is 1.86 bits per heavy atom. The minimum Gasteiger partial charge on any atom is -0.478 e. The summed E-state index contributed by atoms with van der Waals surface area (Å²) >= 11 is 6.27. The SMILES string of the molecule is CC(C)c1cc(-c2ccccc2Cl)c(C(=O)O)c(N(C)C)n1. The summed E-state index contributed by atoms with van der Waals surface area (Å²) in [6.45, 7) is 4.05. The summed E-state index contributed by atoms with van der Waals surface area (Å²) in [5.74, 6) is -0.391. The number of hydrogen-bond donors (Lipinski definition) is 1. The average Bonchev–Trinajstić information content (AvgIpc) is 2.46. The Hall–Kier alpha value is -2.07. The van der Waals surface area contributed by atoms with E-state index in [1.165, 1.54) is 0 Å². The number of hydrogen-bond acceptors (Lipinski definition) is 3. The Bertz CT molecular complexity index is 712. The molecule has 22 heavy (non-hydrogen) atoms. The smallest absolute Gasteiger partial charge is 0.340 e. The predicted octanol–water partition coefficient (Wildman–Crippen LogP) is 4.29. The van der Waals surface area contributed by atoms with Crippen molar-refractivity contribution in [3.05, 3.63) is 46.6 Å². The second-order valence-electron chi connectivity index (χ2n) is 5.63. The lowest BCUT2D eigenvalue weighted by Gasteiger charge is -2.20. The number of carbonyl (C=O) groups is 1. The van der Waals surface area contributed by atoms with E-state index in [0.29, 0.717) is 22.0 Å². The number of carboxylic acid groups (broad SMARTS) is 1. The van der Waals surface area contributed by atoms with Gasteiger partial charge in [0.2, 0.25) is 0 Å². The van der Waals surface area contributed by atoms with E-state index < -0.39 is 5.97 Å². The first-order chi connectivity index (χ1) is 10.3. The van der Waals surface area contributed by atoms with E-state index in [1.807, 2.05) is 38.1 Å². The van der Waals surface area contributed by atoms with Crippen LogP contribution in [0, 0.1) is 0 Å². The second kappa shape index (κ2) is 6.36. The van der Waals surface area contributed by atoms with Gasteiger partial charge in [0.05, 0.1) is 0 Å². The second-order valence-corrected chi connectivity index (χ2v) is 6.03. The topological polar surface area (TPSA) is 53.4 Å². The molecule has 0 radical (unpaired) electrons. The van der Waals surface area contributed by atoms with Gasteiger partial charge >= 0.3 is 5.97 Å². The van der Waals surface area contributed by atoms with Gasteiger partial charge in [-0.25, -0.2) is 9.78 Å². The lowest BCUT2D eigenvalue weighted by atomic mass is 9.96. The monoisotopic (exact) mass is 318 g/mol. The van der Waals surface area contributed by atoms with Crippen LogP contribution in [0.1, 0.15) is 35.8 Å². The molecule has 1 aromatic heterocycles. The molecule has 0 saturated carbocycles. The summed E-state index contributed by atoms with van der Waals surface area (Å²) in [4.78, 5) is 18.0. The number of halogens is 1. The van der Waals surface area contributed by atoms with E-state index in [1.54, 1.807) is 25.1 Å². The van der Waals surface area contributed by atoms with Crippen molar-refractivity contribution in [3.63, 3.8) is 0 Å². The maximum Gasteiger partial charge on any atom is 0.340 e. The number of pyridine rings is 1. The first-order valence-corrected chi connectivity index (χ1v) is 7.41. The highest BCUT2D eigenvalue weighted by Gasteiger charge is 2.23. The number of anilines is 1. The van der Waals surface area contributed by atoms with Crippen LogP contribution in [-0.4, -0.2) is 30.2 Å². The molecule has 0 unspecified atom stereocenters. The molecular formula is C17H19ClN2O2. The van der Waals surface area contributed by atoms with Crippen LogP contribution in [0.5, 0.6) is 0 Å². The van der Waals surface area contributed by atoms with E-state index in [-0.39, 0.29) is 11.5 Å². The van der Waals surface area contributed by atoms with Crippen molar-refractivity contribution in [2.24, 2.45) is 0 Å². The number of rotatable bonds is 4. The van der Waals surface area contributed by atoms with Crippen LogP contribution in [-0.2, 0) is 0 Å². The van der Waals surface area contributed by atoms with Gasteiger partial charge in [0.15, 0.2) is 0 Å². The Morgan fingerprint density at radius 3 is 2.36 bits per heavy atom. The molecule has 0 aliphatic heterocycles. The van der Waals surface area contributed by atoms with Crippen molar-refractivity contribution in [1.29, 1.82) is 0 Å². The third kappa shape index (κ3) is 3.07. The first kappa shape index (κ1) is 16.3. The van der Waals surface area contributed by atoms with Crippen LogP contribution in [0.4, 0.5) is 5.82 Å². The summed E-state index contributed by atoms with van der Waals surface area (Å²) in [7, 11) is 3.57. The number of nitrogens with zero attached hydrogens (tertiary/aromatic N) is 2. The van der Waals surface area contributed by atoms with E-state index in [2.05, 4.69) is 4.98 Å². The molecule has 2 aromatic rings. The van der Waals surface area contributed by atoms with Gasteiger partial charge < -0.3 is 10.0 Å². The molecule has 0 atom stereocenters. The van der Waals surface area contributed by atoms with Gasteiger partial charge in [-0.05, 0) is 18.1 Å². The maximum absolute atomic E-state index is 11.8. The Balaban J connectivity index is 2.86. The highest BCUT2D eigenvalue weighted by molar-refractivity contribution is 6.33. The maximum atomic E-state index is 11.8. The highest BCUT2D eigenvalue weighted by atomic mass is 35.5. The lowest BCUT2D eigenvalue weighted by molar-refractivity contribution is 0.0698. The van der Waals surface area contributed by atoms with Gasteiger partial charge in [-0.2, -0.15) is 0 Å². The van der Waals surface area contributed by atoms with Crippen LogP contribution < -0.4 is 4.90 Å². The molecule has 0 spiro atoms. The van der Waals surface area contributed by atoms with Gasteiger partial charge in [-0.15, -0.1) is 0 Å². The van der Waals surface area contributed by atoms with Gasteiger partial charge in [-0.1, -0.05) is 43.6 Å². The summed E-state index contributed by atoms with van der Waals surface area (Å²) < 4.78 is 0. The summed E-state index contributed by atoms with van der Waals surface area (Å²) in [6.07, 6.45) is 0. The normalized spacial score (nSPS) is 10.8. The van der Waals surface area contributed by atoms with Gasteiger partial charge in [0, 0.05) is 35.9 Å². The molecule has 2 rings (SSSR count). The van der Waals surface area contributed by atoms with Crippen molar-refractivity contribution in [2.75, 3.05) is 19.0 Å². The van der Waals surface area contributed by atoms with Crippen molar-refractivity contribution in [2.45, 2.75) is 19.8 Å². The largest absolute Gasteiger partial charge is 0.478 e. The van der Waals surface area contributed by atoms with E-state index in [9.17, 15) is 9.90 Å². The standard InChI is InChI=1S/C17H19ClN2O2/c1-10(2)14-9-12(11-7-5-6-8-13(11)18)15(17(21)22)16(19-14)20(3)4/h5-10H,1-4H3,(H,21,22). The van der Waals surface area contributed by atoms with Crippen molar-refractivity contribution in [3.8, 4) is 11.1 Å². The molecule has 4 nitrogen and oxygen atoms in total. The van der Waals surface area contributed by atoms with Crippen LogP contribution in [0.15, 0.2) is 30.3 Å². The number of benzene rings is 1. The fraction of sp³-hybridized carbons (Fsp3) is 0.294. The lowest BCUT2D eigenvalue weighted by Crippen LogP contribution is -2.18. The average molecular weight is 319 g/mol. The predicted molar refractivity (Wildman–Crippen MR) is 90.1 cm³/mol. The number of carboxylic acids is 1. The first-order valence-electron chi connectivity index (χ1n) is 7.03. The molecule has 0 aliphatic carbocycles. The molecule has 0 fully saturated rings. The molecule has 1 heterocycles. The van der Waals surface area contributed by atoms with Crippen LogP contribution in [0.25, 0.3) is 11.1 Å². The molecule has 0 aliphatic rings. The molecule has 0 amide bonds. The van der Waals surface area contributed by atoms with E-state index >= 15 is 0 Å². The third-order valence-electron chi connectivity index (χ3n) is 3.41. The molecule has 5 heteroatoms. The minimum absolute atomic E-state index is 0.169. The van der Waals surface area contributed by atoms with E-state index in [0.717, 1.165) is 5.69 Å². The van der Waals surface area contributed by atoms with Gasteiger partial charge in [-0.3, -0.25) is 0 Å². The fourth-order valence-electron chi connectivity index (χ4n) is 2.27. The summed E-state index contributed by atoms with van der Waals surface area (Å²) in [5, 5.41) is 10.2. The minimum atomic E-state index is -1.01. The number of aromatic carboxylic acids is 1. The van der Waals surface area contributed by atoms with Crippen LogP contribution in [0.3, 0.4) is 0 Å². The molecular weight excluding hydrogens is 300 g/mol. The molecule has 0 saturated heterocycles. The van der Waals surface area contributed by atoms with Crippen molar-refractivity contribution < 1.29 is 9.90 Å². The van der Waals surface area contributed by atoms with Gasteiger partial charge in [0.1, 0.15) is 11.4 Å². The molecule has 1 aromatic carbocycles. The zero-order chi connectivity index (χ0) is 16.4. The van der Waals surface area contributed by atoms with E-state index in [4.69, 9.17) is 11.6 Å². The zero-order valence-corrected chi connectivity index (χ0v) is 13.8. The number of aromatic nitrogens is 1. The quantitative estimate of drug-likeness (QED) is 0.913. The van der Waals surface area contributed by atoms with Gasteiger partial charge in [0.25, 0.3) is 0 Å². The Labute approximate surface area is 135 Å². The Kier molecular flexibility index (Phi) is 4.71. The Morgan fingerprint density at radius 1 is 1.23 bits per heavy atom. The summed E-state index contributed by atoms with van der Waals surface area (Å²) in [6, 6.07) is 9.07. The molecule has 116 valence electrons. The fourth-order valence-corrected chi connectivity index (χ4v) is 2.51. The van der Waals surface area contributed by atoms with Crippen LogP contribution >= 0.6 is 11.6 Å². The molecule has 1 N–H and O–H groups in total. The summed E-state index contributed by atoms with van der Waals surface area (Å²) in [5.41, 5.74) is 2.31.